The van der Waals surface area contributed by atoms with E-state index in [1.165, 1.54) is 10.5 Å². The molecule has 1 radical (unpaired) electrons. The molecule has 2 heteroatoms. The van der Waals surface area contributed by atoms with Crippen LogP contribution in [0.2, 0.25) is 0 Å². The number of thioether (sulfide) groups is 1. The fourth-order valence-electron chi connectivity index (χ4n) is 1.01. The number of hydrogen-bond acceptors (Lipinski definition) is 2. The maximum Gasteiger partial charge on any atom is 0.0718 e. The van der Waals surface area contributed by atoms with Crippen LogP contribution >= 0.6 is 11.8 Å². The van der Waals surface area contributed by atoms with Crippen LogP contribution < -0.4 is 0 Å². The first-order valence-corrected chi connectivity index (χ1v) is 4.94. The highest BCUT2D eigenvalue weighted by Gasteiger charge is 1.94. The van der Waals surface area contributed by atoms with Gasteiger partial charge < -0.3 is 4.74 Å². The lowest BCUT2D eigenvalue weighted by molar-refractivity contribution is 0.228. The van der Waals surface area contributed by atoms with Crippen molar-refractivity contribution in [3.8, 4) is 0 Å². The second-order valence-corrected chi connectivity index (χ2v) is 3.77. The van der Waals surface area contributed by atoms with Crippen molar-refractivity contribution in [2.75, 3.05) is 5.75 Å². The van der Waals surface area contributed by atoms with E-state index in [1.54, 1.807) is 0 Å². The predicted molar refractivity (Wildman–Crippen MR) is 53.0 cm³/mol. The predicted octanol–water partition coefficient (Wildman–Crippen LogP) is 3.11. The molecule has 1 rings (SSSR count). The third-order valence-corrected chi connectivity index (χ3v) is 2.35. The molecule has 0 aliphatic carbocycles. The molecule has 65 valence electrons. The molecule has 1 aromatic carbocycles. The fraction of sp³-hybridized carbons (Fsp3) is 0.300. The highest BCUT2D eigenvalue weighted by atomic mass is 32.2. The average Bonchev–Trinajstić information content (AvgIpc) is 2.06. The topological polar surface area (TPSA) is 9.23 Å². The Labute approximate surface area is 78.1 Å². The molecule has 0 bridgehead atoms. The van der Waals surface area contributed by atoms with Crippen molar-refractivity contribution in [3.05, 3.63) is 36.9 Å². The summed E-state index contributed by atoms with van der Waals surface area (Å²) in [5.74, 6) is 1.11. The normalized spacial score (nSPS) is 10.2. The average molecular weight is 181 g/mol. The molecule has 0 N–H and O–H groups in total. The van der Waals surface area contributed by atoms with Crippen molar-refractivity contribution >= 4 is 11.8 Å². The molecule has 1 aromatic rings. The van der Waals surface area contributed by atoms with Crippen LogP contribution in [0.3, 0.4) is 0 Å². The Morgan fingerprint density at radius 1 is 1.50 bits per heavy atom. The Morgan fingerprint density at radius 3 is 3.00 bits per heavy atom. The third-order valence-electron chi connectivity index (χ3n) is 1.48. The monoisotopic (exact) mass is 181 g/mol. The number of rotatable bonds is 4. The molecule has 0 amide bonds. The second kappa shape index (κ2) is 5.22. The van der Waals surface area contributed by atoms with Crippen LogP contribution in [-0.2, 0) is 11.3 Å². The summed E-state index contributed by atoms with van der Waals surface area (Å²) in [6, 6.07) is 8.34. The summed E-state index contributed by atoms with van der Waals surface area (Å²) in [6.07, 6.45) is 0. The lowest BCUT2D eigenvalue weighted by Crippen LogP contribution is -1.85. The van der Waals surface area contributed by atoms with Gasteiger partial charge in [-0.2, -0.15) is 0 Å². The first-order chi connectivity index (χ1) is 5.86. The first-order valence-electron chi connectivity index (χ1n) is 3.95. The van der Waals surface area contributed by atoms with Crippen LogP contribution in [0, 0.1) is 7.11 Å². The summed E-state index contributed by atoms with van der Waals surface area (Å²) in [6.45, 7) is 2.74. The van der Waals surface area contributed by atoms with Gasteiger partial charge in [0.15, 0.2) is 0 Å². The molecule has 0 spiro atoms. The Hall–Kier alpha value is -0.470. The van der Waals surface area contributed by atoms with Crippen molar-refractivity contribution < 1.29 is 4.74 Å². The van der Waals surface area contributed by atoms with Gasteiger partial charge in [-0.25, -0.2) is 0 Å². The minimum absolute atomic E-state index is 0.595. The van der Waals surface area contributed by atoms with Crippen molar-refractivity contribution in [1.29, 1.82) is 0 Å². The maximum atomic E-state index is 4.80. The molecule has 0 fully saturated rings. The van der Waals surface area contributed by atoms with E-state index >= 15 is 0 Å². The van der Waals surface area contributed by atoms with E-state index in [0.29, 0.717) is 6.61 Å². The molecule has 0 aromatic heterocycles. The zero-order valence-electron chi connectivity index (χ0n) is 7.25. The van der Waals surface area contributed by atoms with E-state index < -0.39 is 0 Å². The summed E-state index contributed by atoms with van der Waals surface area (Å²) < 4.78 is 4.80. The SMILES string of the molecule is [CH2]OCc1cccc(SCC)c1. The van der Waals surface area contributed by atoms with Crippen molar-refractivity contribution in [2.45, 2.75) is 18.4 Å². The molecule has 0 saturated heterocycles. The lowest BCUT2D eigenvalue weighted by atomic mass is 10.2. The summed E-state index contributed by atoms with van der Waals surface area (Å²) in [7, 11) is 3.35. The quantitative estimate of drug-likeness (QED) is 0.660. The van der Waals surface area contributed by atoms with Crippen molar-refractivity contribution in [3.63, 3.8) is 0 Å². The number of benzene rings is 1. The molecule has 0 aliphatic heterocycles. The van der Waals surface area contributed by atoms with Crippen LogP contribution in [0.5, 0.6) is 0 Å². The molecule has 0 aliphatic rings. The molecular weight excluding hydrogens is 168 g/mol. The van der Waals surface area contributed by atoms with Crippen LogP contribution in [0.15, 0.2) is 29.2 Å². The fourth-order valence-corrected chi connectivity index (χ4v) is 1.75. The smallest absolute Gasteiger partial charge is 0.0718 e. The van der Waals surface area contributed by atoms with E-state index in [0.717, 1.165) is 5.75 Å². The van der Waals surface area contributed by atoms with E-state index in [2.05, 4.69) is 26.2 Å². The van der Waals surface area contributed by atoms with Gasteiger partial charge in [-0.05, 0) is 23.4 Å². The lowest BCUT2D eigenvalue weighted by Gasteiger charge is -2.02. The summed E-state index contributed by atoms with van der Waals surface area (Å²) in [5.41, 5.74) is 1.18. The minimum atomic E-state index is 0.595. The Morgan fingerprint density at radius 2 is 2.33 bits per heavy atom. The second-order valence-electron chi connectivity index (χ2n) is 2.43. The van der Waals surface area contributed by atoms with E-state index in [1.807, 2.05) is 23.9 Å². The van der Waals surface area contributed by atoms with Crippen LogP contribution in [0.25, 0.3) is 0 Å². The summed E-state index contributed by atoms with van der Waals surface area (Å²) in [5, 5.41) is 0. The van der Waals surface area contributed by atoms with Crippen LogP contribution in [-0.4, -0.2) is 5.75 Å². The molecular formula is C10H13OS. The molecule has 0 unspecified atom stereocenters. The van der Waals surface area contributed by atoms with Crippen LogP contribution in [0.4, 0.5) is 0 Å². The van der Waals surface area contributed by atoms with Crippen molar-refractivity contribution in [1.82, 2.24) is 0 Å². The van der Waals surface area contributed by atoms with Gasteiger partial charge in [0.2, 0.25) is 0 Å². The van der Waals surface area contributed by atoms with E-state index in [4.69, 9.17) is 4.74 Å². The van der Waals surface area contributed by atoms with Gasteiger partial charge in [-0.1, -0.05) is 19.1 Å². The van der Waals surface area contributed by atoms with Gasteiger partial charge >= 0.3 is 0 Å². The summed E-state index contributed by atoms with van der Waals surface area (Å²) >= 11 is 1.84. The summed E-state index contributed by atoms with van der Waals surface area (Å²) in [4.78, 5) is 1.30. The number of hydrogen-bond donors (Lipinski definition) is 0. The Balaban J connectivity index is 2.67. The Bertz CT molecular complexity index is 214. The largest absolute Gasteiger partial charge is 0.374 e. The molecule has 0 atom stereocenters. The molecule has 0 heterocycles. The molecule has 12 heavy (non-hydrogen) atoms. The maximum absolute atomic E-state index is 4.80. The van der Waals surface area contributed by atoms with E-state index in [-0.39, 0.29) is 0 Å². The Kier molecular flexibility index (Phi) is 4.19. The first kappa shape index (κ1) is 9.62. The van der Waals surface area contributed by atoms with Gasteiger partial charge in [0.05, 0.1) is 13.7 Å². The third kappa shape index (κ3) is 2.88. The van der Waals surface area contributed by atoms with Crippen LogP contribution in [0.1, 0.15) is 12.5 Å². The van der Waals surface area contributed by atoms with Gasteiger partial charge in [0.25, 0.3) is 0 Å². The molecule has 1 nitrogen and oxygen atoms in total. The molecule has 0 saturated carbocycles. The van der Waals surface area contributed by atoms with Gasteiger partial charge in [-0.3, -0.25) is 0 Å². The van der Waals surface area contributed by atoms with Crippen molar-refractivity contribution in [2.24, 2.45) is 0 Å². The zero-order chi connectivity index (χ0) is 8.81. The van der Waals surface area contributed by atoms with Gasteiger partial charge in [-0.15, -0.1) is 11.8 Å². The standard InChI is InChI=1S/C10H13OS/c1-3-12-10-6-4-5-9(7-10)8-11-2/h4-7H,2-3,8H2,1H3. The van der Waals surface area contributed by atoms with Gasteiger partial charge in [0, 0.05) is 4.90 Å². The number of ether oxygens (including phenoxy) is 1. The highest BCUT2D eigenvalue weighted by Crippen LogP contribution is 2.18. The zero-order valence-corrected chi connectivity index (χ0v) is 8.06. The highest BCUT2D eigenvalue weighted by molar-refractivity contribution is 7.99. The van der Waals surface area contributed by atoms with E-state index in [9.17, 15) is 0 Å². The minimum Gasteiger partial charge on any atom is -0.374 e. The van der Waals surface area contributed by atoms with Gasteiger partial charge in [0.1, 0.15) is 0 Å².